The van der Waals surface area contributed by atoms with Crippen LogP contribution >= 0.6 is 15.6 Å². The Bertz CT molecular complexity index is 1830. The zero-order chi connectivity index (χ0) is 68.9. The lowest BCUT2D eigenvalue weighted by molar-refractivity contribution is -0.161. The van der Waals surface area contributed by atoms with Crippen molar-refractivity contribution in [3.05, 3.63) is 0 Å². The van der Waals surface area contributed by atoms with Gasteiger partial charge in [0, 0.05) is 25.7 Å². The largest absolute Gasteiger partial charge is 0.472 e. The molecule has 0 aromatic rings. The molecule has 93 heavy (non-hydrogen) atoms. The van der Waals surface area contributed by atoms with E-state index in [1.54, 1.807) is 0 Å². The first-order valence-electron chi connectivity index (χ1n) is 38.2. The quantitative estimate of drug-likeness (QED) is 0.0222. The van der Waals surface area contributed by atoms with Crippen LogP contribution in [0.5, 0.6) is 0 Å². The second-order valence-electron chi connectivity index (χ2n) is 28.6. The van der Waals surface area contributed by atoms with Crippen molar-refractivity contribution in [1.82, 2.24) is 0 Å². The maximum Gasteiger partial charge on any atom is 0.472 e. The molecule has 0 aromatic carbocycles. The fourth-order valence-electron chi connectivity index (χ4n) is 11.2. The van der Waals surface area contributed by atoms with Crippen LogP contribution in [-0.4, -0.2) is 96.7 Å². The van der Waals surface area contributed by atoms with Gasteiger partial charge in [-0.05, 0) is 49.4 Å². The van der Waals surface area contributed by atoms with E-state index in [0.29, 0.717) is 31.6 Å². The Labute approximate surface area is 568 Å². The highest BCUT2D eigenvalue weighted by Crippen LogP contribution is 2.45. The molecule has 3 N–H and O–H groups in total. The number of phosphoric ester groups is 2. The first kappa shape index (κ1) is 91.1. The molecule has 0 aliphatic carbocycles. The highest BCUT2D eigenvalue weighted by molar-refractivity contribution is 7.47. The third kappa shape index (κ3) is 68.4. The second-order valence-corrected chi connectivity index (χ2v) is 31.5. The van der Waals surface area contributed by atoms with Crippen LogP contribution in [0.4, 0.5) is 0 Å². The molecule has 0 rings (SSSR count). The van der Waals surface area contributed by atoms with Crippen molar-refractivity contribution < 1.29 is 80.2 Å². The van der Waals surface area contributed by atoms with Crippen LogP contribution in [0, 0.1) is 23.7 Å². The molecular weight excluding hydrogens is 1220 g/mol. The summed E-state index contributed by atoms with van der Waals surface area (Å²) in [4.78, 5) is 72.6. The number of phosphoric acid groups is 2. The number of ether oxygens (including phenoxy) is 4. The molecule has 0 saturated carbocycles. The van der Waals surface area contributed by atoms with Crippen molar-refractivity contribution in [2.45, 2.75) is 388 Å². The summed E-state index contributed by atoms with van der Waals surface area (Å²) in [6.45, 7) is 14.1. The summed E-state index contributed by atoms with van der Waals surface area (Å²) >= 11 is 0. The minimum atomic E-state index is -4.95. The van der Waals surface area contributed by atoms with Gasteiger partial charge in [0.05, 0.1) is 26.4 Å². The predicted octanol–water partition coefficient (Wildman–Crippen LogP) is 21.3. The zero-order valence-corrected chi connectivity index (χ0v) is 62.7. The number of aliphatic hydroxyl groups excluding tert-OH is 1. The normalized spacial score (nSPS) is 14.2. The molecule has 552 valence electrons. The second kappa shape index (κ2) is 63.5. The maximum absolute atomic E-state index is 13.0. The molecule has 0 heterocycles. The van der Waals surface area contributed by atoms with Crippen molar-refractivity contribution in [3.63, 3.8) is 0 Å². The van der Waals surface area contributed by atoms with Gasteiger partial charge in [-0.2, -0.15) is 0 Å². The Hall–Kier alpha value is -1.94. The summed E-state index contributed by atoms with van der Waals surface area (Å²) in [6, 6.07) is 0. The van der Waals surface area contributed by atoms with Gasteiger partial charge in [-0.1, -0.05) is 319 Å². The van der Waals surface area contributed by atoms with Crippen molar-refractivity contribution in [3.8, 4) is 0 Å². The van der Waals surface area contributed by atoms with Crippen LogP contribution in [-0.2, 0) is 65.4 Å². The molecule has 5 atom stereocenters. The molecule has 0 radical (unpaired) electrons. The number of unbranched alkanes of at least 4 members (excludes halogenated alkanes) is 37. The summed E-state index contributed by atoms with van der Waals surface area (Å²) in [6.07, 6.45) is 47.5. The summed E-state index contributed by atoms with van der Waals surface area (Å²) in [5.41, 5.74) is 0. The van der Waals surface area contributed by atoms with E-state index in [1.807, 2.05) is 0 Å². The molecule has 0 amide bonds. The Balaban J connectivity index is 5.18. The van der Waals surface area contributed by atoms with Gasteiger partial charge in [0.15, 0.2) is 12.2 Å². The summed E-state index contributed by atoms with van der Waals surface area (Å²) in [7, 11) is -9.91. The minimum Gasteiger partial charge on any atom is -0.462 e. The third-order valence-electron chi connectivity index (χ3n) is 17.1. The van der Waals surface area contributed by atoms with E-state index < -0.39 is 97.5 Å². The van der Waals surface area contributed by atoms with Gasteiger partial charge in [-0.3, -0.25) is 37.3 Å². The highest BCUT2D eigenvalue weighted by atomic mass is 31.2. The van der Waals surface area contributed by atoms with Crippen LogP contribution < -0.4 is 0 Å². The van der Waals surface area contributed by atoms with Crippen LogP contribution in [0.25, 0.3) is 0 Å². The highest BCUT2D eigenvalue weighted by Gasteiger charge is 2.30. The minimum absolute atomic E-state index is 0.104. The van der Waals surface area contributed by atoms with E-state index >= 15 is 0 Å². The molecular formula is C74H144O17P2. The number of esters is 4. The number of hydrogen-bond acceptors (Lipinski definition) is 15. The molecule has 0 bridgehead atoms. The van der Waals surface area contributed by atoms with Gasteiger partial charge in [-0.25, -0.2) is 9.13 Å². The van der Waals surface area contributed by atoms with Crippen molar-refractivity contribution in [1.29, 1.82) is 0 Å². The van der Waals surface area contributed by atoms with Crippen molar-refractivity contribution >= 4 is 39.5 Å². The lowest BCUT2D eigenvalue weighted by Gasteiger charge is -2.21. The Morgan fingerprint density at radius 3 is 0.667 bits per heavy atom. The van der Waals surface area contributed by atoms with E-state index in [0.717, 1.165) is 114 Å². The standard InChI is InChI=1S/C74H144O17P2/c1-64(2)50-42-34-26-20-16-13-11-9-10-12-14-18-22-29-38-46-54-71(76)84-60-69(91-74(79)57-49-41-31-25-24-28-36-44-52-66(5)6)62-88-92(80,81)86-58-68(75)59-87-93(82,83)89-63-70(61-85-72(77)55-47-39-33-32-37-45-53-67(7)8)90-73(78)56-48-40-30-23-19-15-17-21-27-35-43-51-65(3)4/h64-70,75H,9-63H2,1-8H3,(H,80,81)(H,82,83)/t68-,69-,70-/m1/s1. The number of aliphatic hydroxyl groups is 1. The monoisotopic (exact) mass is 1370 g/mol. The Morgan fingerprint density at radius 1 is 0.269 bits per heavy atom. The molecule has 0 fully saturated rings. The van der Waals surface area contributed by atoms with Crippen LogP contribution in [0.2, 0.25) is 0 Å². The average Bonchev–Trinajstić information content (AvgIpc) is 3.01. The smallest absolute Gasteiger partial charge is 0.462 e. The van der Waals surface area contributed by atoms with Crippen LogP contribution in [0.1, 0.15) is 370 Å². The summed E-state index contributed by atoms with van der Waals surface area (Å²) in [5, 5.41) is 10.6. The molecule has 0 aliphatic rings. The molecule has 0 spiro atoms. The molecule has 2 unspecified atom stereocenters. The number of hydrogen-bond donors (Lipinski definition) is 3. The van der Waals surface area contributed by atoms with Gasteiger partial charge in [0.1, 0.15) is 19.3 Å². The lowest BCUT2D eigenvalue weighted by Crippen LogP contribution is -2.30. The molecule has 0 aromatic heterocycles. The van der Waals surface area contributed by atoms with Crippen LogP contribution in [0.3, 0.4) is 0 Å². The number of rotatable bonds is 71. The van der Waals surface area contributed by atoms with E-state index in [1.165, 1.54) is 167 Å². The number of carbonyl (C=O) groups is 4. The predicted molar refractivity (Wildman–Crippen MR) is 377 cm³/mol. The molecule has 19 heteroatoms. The van der Waals surface area contributed by atoms with Crippen molar-refractivity contribution in [2.24, 2.45) is 23.7 Å². The zero-order valence-electron chi connectivity index (χ0n) is 60.9. The van der Waals surface area contributed by atoms with Gasteiger partial charge in [-0.15, -0.1) is 0 Å². The fourth-order valence-corrected chi connectivity index (χ4v) is 12.8. The van der Waals surface area contributed by atoms with E-state index in [4.69, 9.17) is 37.0 Å². The summed E-state index contributed by atoms with van der Waals surface area (Å²) in [5.74, 6) is 0.848. The average molecular weight is 1370 g/mol. The Kier molecular flexibility index (Phi) is 62.2. The fraction of sp³-hybridized carbons (Fsp3) is 0.946. The van der Waals surface area contributed by atoms with E-state index in [2.05, 4.69) is 55.4 Å². The van der Waals surface area contributed by atoms with Gasteiger partial charge in [0.25, 0.3) is 0 Å². The van der Waals surface area contributed by atoms with E-state index in [-0.39, 0.29) is 25.7 Å². The van der Waals surface area contributed by atoms with E-state index in [9.17, 15) is 43.2 Å². The Morgan fingerprint density at radius 2 is 0.452 bits per heavy atom. The first-order chi connectivity index (χ1) is 44.6. The lowest BCUT2D eigenvalue weighted by atomic mass is 10.0. The SMILES string of the molecule is CC(C)CCCCCCCCCCCCCCCCCCC(=O)OC[C@H](COP(=O)(O)OC[C@@H](O)COP(=O)(O)OC[C@@H](COC(=O)CCCCCCCCC(C)C)OC(=O)CCCCCCCCCCCCCC(C)C)OC(=O)CCCCCCCCCCC(C)C. The number of carbonyl (C=O) groups excluding carboxylic acids is 4. The molecule has 0 saturated heterocycles. The molecule has 17 nitrogen and oxygen atoms in total. The van der Waals surface area contributed by atoms with Crippen LogP contribution in [0.15, 0.2) is 0 Å². The molecule has 0 aliphatic heterocycles. The topological polar surface area (TPSA) is 237 Å². The van der Waals surface area contributed by atoms with Gasteiger partial charge < -0.3 is 33.8 Å². The third-order valence-corrected chi connectivity index (χ3v) is 19.0. The van der Waals surface area contributed by atoms with Crippen molar-refractivity contribution in [2.75, 3.05) is 39.6 Å². The summed E-state index contributed by atoms with van der Waals surface area (Å²) < 4.78 is 68.4. The maximum atomic E-state index is 13.0. The van der Waals surface area contributed by atoms with Gasteiger partial charge in [0.2, 0.25) is 0 Å². The van der Waals surface area contributed by atoms with Gasteiger partial charge >= 0.3 is 39.5 Å². The first-order valence-corrected chi connectivity index (χ1v) is 41.2.